The predicted molar refractivity (Wildman–Crippen MR) is 94.8 cm³/mol. The van der Waals surface area contributed by atoms with E-state index in [2.05, 4.69) is 39.0 Å². The van der Waals surface area contributed by atoms with Gasteiger partial charge in [0.2, 0.25) is 0 Å². The quantitative estimate of drug-likeness (QED) is 0.716. The van der Waals surface area contributed by atoms with Crippen molar-refractivity contribution in [1.82, 2.24) is 0 Å². The van der Waals surface area contributed by atoms with Crippen LogP contribution in [0.25, 0.3) is 0 Å². The molecule has 0 aromatic heterocycles. The van der Waals surface area contributed by atoms with Gasteiger partial charge < -0.3 is 10.2 Å². The lowest BCUT2D eigenvalue weighted by Crippen LogP contribution is -2.31. The fraction of sp³-hybridized carbons (Fsp3) is 0.600. The van der Waals surface area contributed by atoms with Gasteiger partial charge in [0.05, 0.1) is 6.61 Å². The van der Waals surface area contributed by atoms with Crippen LogP contribution >= 0.6 is 0 Å². The third-order valence-corrected chi connectivity index (χ3v) is 4.42. The first kappa shape index (κ1) is 18.9. The highest BCUT2D eigenvalue weighted by Gasteiger charge is 2.23. The summed E-state index contributed by atoms with van der Waals surface area (Å²) in [5, 5.41) is 19.8. The van der Waals surface area contributed by atoms with Crippen LogP contribution in [0.5, 0.6) is 0 Å². The van der Waals surface area contributed by atoms with Gasteiger partial charge in [0.15, 0.2) is 0 Å². The van der Waals surface area contributed by atoms with E-state index in [1.54, 1.807) is 6.92 Å². The largest absolute Gasteiger partial charge is 0.393 e. The van der Waals surface area contributed by atoms with Crippen molar-refractivity contribution in [3.05, 3.63) is 46.6 Å². The maximum atomic E-state index is 10.4. The van der Waals surface area contributed by atoms with Gasteiger partial charge in [0, 0.05) is 0 Å². The number of hydrogen-bond acceptors (Lipinski definition) is 2. The molecule has 0 saturated heterocycles. The summed E-state index contributed by atoms with van der Waals surface area (Å²) in [6.45, 7) is 7.94. The molecule has 1 aliphatic rings. The van der Waals surface area contributed by atoms with E-state index < -0.39 is 5.60 Å². The molecule has 22 heavy (non-hydrogen) atoms. The maximum Gasteiger partial charge on any atom is 0.106 e. The first-order valence-corrected chi connectivity index (χ1v) is 8.36. The topological polar surface area (TPSA) is 40.5 Å². The van der Waals surface area contributed by atoms with Crippen molar-refractivity contribution in [3.63, 3.8) is 0 Å². The second-order valence-electron chi connectivity index (χ2n) is 6.82. The molecular weight excluding hydrogens is 272 g/mol. The lowest BCUT2D eigenvalue weighted by Gasteiger charge is -2.24. The van der Waals surface area contributed by atoms with Crippen LogP contribution in [0.2, 0.25) is 0 Å². The van der Waals surface area contributed by atoms with Crippen LogP contribution in [0, 0.1) is 0 Å². The number of hydrogen-bond donors (Lipinski definition) is 2. The van der Waals surface area contributed by atoms with Gasteiger partial charge >= 0.3 is 0 Å². The third-order valence-electron chi connectivity index (χ3n) is 4.42. The molecule has 0 unspecified atom stereocenters. The smallest absolute Gasteiger partial charge is 0.106 e. The first-order valence-electron chi connectivity index (χ1n) is 8.36. The van der Waals surface area contributed by atoms with E-state index in [1.165, 1.54) is 16.7 Å². The van der Waals surface area contributed by atoms with Crippen LogP contribution in [-0.2, 0) is 0 Å². The number of rotatable bonds is 2. The second kappa shape index (κ2) is 9.12. The number of allylic oxidation sites excluding steroid dienone is 7. The Balaban J connectivity index is 3.00. The molecule has 2 N–H and O–H groups in total. The minimum absolute atomic E-state index is 0.240. The van der Waals surface area contributed by atoms with Crippen LogP contribution in [-0.4, -0.2) is 22.4 Å². The van der Waals surface area contributed by atoms with Crippen molar-refractivity contribution in [1.29, 1.82) is 0 Å². The molecule has 1 atom stereocenters. The zero-order valence-corrected chi connectivity index (χ0v) is 14.7. The summed E-state index contributed by atoms with van der Waals surface area (Å²) in [6, 6.07) is 0. The molecule has 0 spiro atoms. The zero-order chi connectivity index (χ0) is 16.6. The van der Waals surface area contributed by atoms with E-state index in [0.717, 1.165) is 44.1 Å². The van der Waals surface area contributed by atoms with Gasteiger partial charge in [-0.2, -0.15) is 0 Å². The average Bonchev–Trinajstić information content (AvgIpc) is 2.46. The summed E-state index contributed by atoms with van der Waals surface area (Å²) in [7, 11) is 0. The first-order chi connectivity index (χ1) is 10.3. The molecule has 0 radical (unpaired) electrons. The summed E-state index contributed by atoms with van der Waals surface area (Å²) in [4.78, 5) is 0. The monoisotopic (exact) mass is 304 g/mol. The molecule has 0 aliphatic heterocycles. The van der Waals surface area contributed by atoms with Gasteiger partial charge in [0.1, 0.15) is 5.60 Å². The molecule has 0 aromatic rings. The van der Waals surface area contributed by atoms with E-state index in [0.29, 0.717) is 0 Å². The fourth-order valence-corrected chi connectivity index (χ4v) is 2.59. The van der Waals surface area contributed by atoms with E-state index in [4.69, 9.17) is 0 Å². The molecule has 0 amide bonds. The molecule has 0 fully saturated rings. The van der Waals surface area contributed by atoms with E-state index >= 15 is 0 Å². The fourth-order valence-electron chi connectivity index (χ4n) is 2.59. The van der Waals surface area contributed by atoms with Gasteiger partial charge in [-0.05, 0) is 71.8 Å². The number of aliphatic hydroxyl groups excluding tert-OH is 1. The van der Waals surface area contributed by atoms with Crippen molar-refractivity contribution < 1.29 is 10.2 Å². The Bertz CT molecular complexity index is 476. The molecule has 1 rings (SSSR count). The van der Waals surface area contributed by atoms with Gasteiger partial charge in [0.25, 0.3) is 0 Å². The summed E-state index contributed by atoms with van der Waals surface area (Å²) in [6.07, 6.45) is 14.8. The molecule has 2 nitrogen and oxygen atoms in total. The summed E-state index contributed by atoms with van der Waals surface area (Å²) < 4.78 is 0. The molecule has 1 aliphatic carbocycles. The third kappa shape index (κ3) is 6.76. The Morgan fingerprint density at radius 1 is 0.864 bits per heavy atom. The highest BCUT2D eigenvalue weighted by Crippen LogP contribution is 2.24. The van der Waals surface area contributed by atoms with Crippen LogP contribution in [0.4, 0.5) is 0 Å². The van der Waals surface area contributed by atoms with Crippen molar-refractivity contribution in [3.8, 4) is 0 Å². The molecule has 0 aromatic carbocycles. The Hall–Kier alpha value is -1.12. The minimum atomic E-state index is -1.13. The molecule has 0 heterocycles. The van der Waals surface area contributed by atoms with Gasteiger partial charge in [-0.15, -0.1) is 0 Å². The van der Waals surface area contributed by atoms with E-state index in [1.807, 2.05) is 6.08 Å². The Labute approximate surface area is 135 Å². The Morgan fingerprint density at radius 3 is 2.00 bits per heavy atom. The average molecular weight is 304 g/mol. The van der Waals surface area contributed by atoms with Crippen molar-refractivity contribution >= 4 is 0 Å². The second-order valence-corrected chi connectivity index (χ2v) is 6.82. The van der Waals surface area contributed by atoms with E-state index in [-0.39, 0.29) is 6.61 Å². The van der Waals surface area contributed by atoms with Gasteiger partial charge in [-0.3, -0.25) is 0 Å². The highest BCUT2D eigenvalue weighted by molar-refractivity contribution is 5.25. The van der Waals surface area contributed by atoms with Crippen molar-refractivity contribution in [2.75, 3.05) is 6.61 Å². The summed E-state index contributed by atoms with van der Waals surface area (Å²) in [5.74, 6) is 0. The summed E-state index contributed by atoms with van der Waals surface area (Å²) in [5.41, 5.74) is 3.90. The SMILES string of the molecule is C/C1=C/CC/C(C)=C/C=C(/[C@@](C)(O)CO)CC/C(C)=C/CC1. The molecule has 2 heteroatoms. The predicted octanol–water partition coefficient (Wildman–Crippen LogP) is 4.85. The van der Waals surface area contributed by atoms with E-state index in [9.17, 15) is 10.2 Å². The maximum absolute atomic E-state index is 10.4. The zero-order valence-electron chi connectivity index (χ0n) is 14.7. The number of aliphatic hydroxyl groups is 2. The minimum Gasteiger partial charge on any atom is -0.393 e. The molecule has 124 valence electrons. The molecule has 0 bridgehead atoms. The van der Waals surface area contributed by atoms with Crippen molar-refractivity contribution in [2.24, 2.45) is 0 Å². The van der Waals surface area contributed by atoms with Gasteiger partial charge in [-0.1, -0.05) is 41.0 Å². The standard InChI is InChI=1S/C20H32O2/c1-16-7-5-9-17(2)11-13-19(20(4,22)15-21)14-12-18(3)10-6-8-16/h7,10-11,13,21-22H,5-6,8-9,12,14-15H2,1-4H3/b16-7-,17-11+,18-10+,19-13+/t20-/m0/s1. The molecular formula is C20H32O2. The Morgan fingerprint density at radius 2 is 1.41 bits per heavy atom. The van der Waals surface area contributed by atoms with Crippen molar-refractivity contribution in [2.45, 2.75) is 71.8 Å². The molecule has 0 saturated carbocycles. The lowest BCUT2D eigenvalue weighted by molar-refractivity contribution is 0.0307. The highest BCUT2D eigenvalue weighted by atomic mass is 16.3. The normalized spacial score (nSPS) is 31.2. The summed E-state index contributed by atoms with van der Waals surface area (Å²) >= 11 is 0. The van der Waals surface area contributed by atoms with Crippen LogP contribution in [0.1, 0.15) is 66.2 Å². The Kier molecular flexibility index (Phi) is 7.84. The van der Waals surface area contributed by atoms with Gasteiger partial charge in [-0.25, -0.2) is 0 Å². The lowest BCUT2D eigenvalue weighted by atomic mass is 9.90. The van der Waals surface area contributed by atoms with Crippen LogP contribution in [0.3, 0.4) is 0 Å². The van der Waals surface area contributed by atoms with Crippen LogP contribution in [0.15, 0.2) is 46.6 Å². The van der Waals surface area contributed by atoms with Crippen LogP contribution < -0.4 is 0 Å².